The van der Waals surface area contributed by atoms with Crippen molar-refractivity contribution in [2.24, 2.45) is 0 Å². The molecule has 33 heavy (non-hydrogen) atoms. The van der Waals surface area contributed by atoms with Crippen molar-refractivity contribution in [3.8, 4) is 11.5 Å². The maximum Gasteiger partial charge on any atom is 0.338 e. The monoisotopic (exact) mass is 456 g/mol. The Morgan fingerprint density at radius 3 is 1.61 bits per heavy atom. The molecule has 1 unspecified atom stereocenters. The molecule has 2 aromatic carbocycles. The predicted molar refractivity (Wildman–Crippen MR) is 128 cm³/mol. The van der Waals surface area contributed by atoms with Crippen molar-refractivity contribution in [3.05, 3.63) is 59.7 Å². The molecule has 0 bridgehead atoms. The Hall–Kier alpha value is -3.02. The molecule has 0 N–H and O–H groups in total. The van der Waals surface area contributed by atoms with Gasteiger partial charge in [-0.2, -0.15) is 0 Å². The van der Waals surface area contributed by atoms with Crippen LogP contribution < -0.4 is 9.47 Å². The number of unbranched alkanes of at least 4 members (excludes halogenated alkanes) is 4. The van der Waals surface area contributed by atoms with Crippen LogP contribution in [0.2, 0.25) is 0 Å². The number of benzene rings is 2. The Kier molecular flexibility index (Phi) is 11.9. The highest BCUT2D eigenvalue weighted by Crippen LogP contribution is 2.16. The Labute approximate surface area is 197 Å². The summed E-state index contributed by atoms with van der Waals surface area (Å²) in [5, 5.41) is 0. The molecular weight excluding hydrogens is 420 g/mol. The van der Waals surface area contributed by atoms with Gasteiger partial charge in [0.15, 0.2) is 0 Å². The molecule has 2 rings (SSSR count). The standard InChI is InChI=1S/C27H36O6/c1-4-6-8-18-30-24-14-10-22(11-15-24)26(28)32-20-21(3)33-27(29)23-12-16-25(17-13-23)31-19-9-7-5-2/h10-17,21H,4-9,18-20H2,1-3H3. The summed E-state index contributed by atoms with van der Waals surface area (Å²) in [4.78, 5) is 24.6. The molecule has 0 spiro atoms. The molecule has 6 heteroatoms. The molecule has 6 nitrogen and oxygen atoms in total. The fourth-order valence-electron chi connectivity index (χ4n) is 3.02. The van der Waals surface area contributed by atoms with E-state index in [2.05, 4.69) is 13.8 Å². The first-order valence-corrected chi connectivity index (χ1v) is 11.9. The Balaban J connectivity index is 1.72. The van der Waals surface area contributed by atoms with Crippen LogP contribution in [0.1, 0.15) is 80.0 Å². The average Bonchev–Trinajstić information content (AvgIpc) is 2.84. The number of hydrogen-bond donors (Lipinski definition) is 0. The summed E-state index contributed by atoms with van der Waals surface area (Å²) in [6, 6.07) is 13.7. The second kappa shape index (κ2) is 14.9. The van der Waals surface area contributed by atoms with E-state index in [1.54, 1.807) is 55.5 Å². The first kappa shape index (κ1) is 26.2. The molecule has 0 saturated carbocycles. The summed E-state index contributed by atoms with van der Waals surface area (Å²) in [6.07, 6.45) is 5.98. The molecule has 0 saturated heterocycles. The van der Waals surface area contributed by atoms with Crippen LogP contribution in [-0.4, -0.2) is 37.9 Å². The van der Waals surface area contributed by atoms with E-state index in [1.165, 1.54) is 0 Å². The van der Waals surface area contributed by atoms with E-state index in [0.29, 0.717) is 24.3 Å². The molecule has 0 radical (unpaired) electrons. The lowest BCUT2D eigenvalue weighted by atomic mass is 10.2. The van der Waals surface area contributed by atoms with Gasteiger partial charge in [0, 0.05) is 0 Å². The lowest BCUT2D eigenvalue weighted by Gasteiger charge is -2.14. The van der Waals surface area contributed by atoms with Crippen LogP contribution in [0.15, 0.2) is 48.5 Å². The molecule has 0 aliphatic carbocycles. The van der Waals surface area contributed by atoms with E-state index < -0.39 is 18.0 Å². The van der Waals surface area contributed by atoms with Crippen LogP contribution >= 0.6 is 0 Å². The van der Waals surface area contributed by atoms with Gasteiger partial charge in [-0.05, 0) is 68.3 Å². The minimum atomic E-state index is -0.576. The van der Waals surface area contributed by atoms with Crippen molar-refractivity contribution >= 4 is 11.9 Å². The maximum absolute atomic E-state index is 12.3. The Bertz CT molecular complexity index is 829. The number of esters is 2. The van der Waals surface area contributed by atoms with Gasteiger partial charge in [-0.25, -0.2) is 9.59 Å². The maximum atomic E-state index is 12.3. The molecule has 0 fully saturated rings. The van der Waals surface area contributed by atoms with Gasteiger partial charge < -0.3 is 18.9 Å². The van der Waals surface area contributed by atoms with E-state index in [-0.39, 0.29) is 6.61 Å². The zero-order valence-electron chi connectivity index (χ0n) is 20.0. The lowest BCUT2D eigenvalue weighted by Crippen LogP contribution is -2.22. The number of carbonyl (C=O) groups excluding carboxylic acids is 2. The minimum Gasteiger partial charge on any atom is -0.494 e. The second-order valence-electron chi connectivity index (χ2n) is 7.97. The van der Waals surface area contributed by atoms with Crippen molar-refractivity contribution in [1.29, 1.82) is 0 Å². The first-order chi connectivity index (χ1) is 16.0. The van der Waals surface area contributed by atoms with Crippen molar-refractivity contribution in [2.45, 2.75) is 65.4 Å². The Morgan fingerprint density at radius 2 is 1.15 bits per heavy atom. The van der Waals surface area contributed by atoms with Crippen LogP contribution in [0.5, 0.6) is 11.5 Å². The van der Waals surface area contributed by atoms with E-state index >= 15 is 0 Å². The third kappa shape index (κ3) is 9.98. The largest absolute Gasteiger partial charge is 0.494 e. The molecular formula is C27H36O6. The van der Waals surface area contributed by atoms with Crippen molar-refractivity contribution in [3.63, 3.8) is 0 Å². The van der Waals surface area contributed by atoms with Gasteiger partial charge >= 0.3 is 11.9 Å². The SMILES string of the molecule is CCCCCOc1ccc(C(=O)OCC(C)OC(=O)c2ccc(OCCCCC)cc2)cc1. The normalized spacial score (nSPS) is 11.5. The van der Waals surface area contributed by atoms with Gasteiger partial charge in [-0.3, -0.25) is 0 Å². The molecule has 180 valence electrons. The smallest absolute Gasteiger partial charge is 0.338 e. The summed E-state index contributed by atoms with van der Waals surface area (Å²) in [6.45, 7) is 7.27. The zero-order valence-corrected chi connectivity index (χ0v) is 20.0. The van der Waals surface area contributed by atoms with Gasteiger partial charge in [0.25, 0.3) is 0 Å². The van der Waals surface area contributed by atoms with E-state index in [4.69, 9.17) is 18.9 Å². The second-order valence-corrected chi connectivity index (χ2v) is 7.97. The van der Waals surface area contributed by atoms with Crippen LogP contribution in [0.25, 0.3) is 0 Å². The third-order valence-corrected chi connectivity index (χ3v) is 4.97. The first-order valence-electron chi connectivity index (χ1n) is 11.9. The minimum absolute atomic E-state index is 0.0293. The van der Waals surface area contributed by atoms with Crippen LogP contribution in [0.4, 0.5) is 0 Å². The van der Waals surface area contributed by atoms with Gasteiger partial charge in [0.1, 0.15) is 24.2 Å². The molecule has 0 aromatic heterocycles. The number of carbonyl (C=O) groups is 2. The van der Waals surface area contributed by atoms with Crippen molar-refractivity contribution in [2.75, 3.05) is 19.8 Å². The lowest BCUT2D eigenvalue weighted by molar-refractivity contribution is 0.00447. The zero-order chi connectivity index (χ0) is 23.9. The van der Waals surface area contributed by atoms with Crippen LogP contribution in [-0.2, 0) is 9.47 Å². The van der Waals surface area contributed by atoms with Crippen molar-refractivity contribution in [1.82, 2.24) is 0 Å². The van der Waals surface area contributed by atoms with Crippen LogP contribution in [0, 0.1) is 0 Å². The number of hydrogen-bond acceptors (Lipinski definition) is 6. The molecule has 2 aromatic rings. The number of rotatable bonds is 15. The van der Waals surface area contributed by atoms with E-state index in [1.807, 2.05) is 0 Å². The van der Waals surface area contributed by atoms with Crippen LogP contribution in [0.3, 0.4) is 0 Å². The molecule has 0 heterocycles. The van der Waals surface area contributed by atoms with Gasteiger partial charge in [-0.1, -0.05) is 39.5 Å². The van der Waals surface area contributed by atoms with Gasteiger partial charge in [-0.15, -0.1) is 0 Å². The predicted octanol–water partition coefficient (Wildman–Crippen LogP) is 6.23. The average molecular weight is 457 g/mol. The fourth-order valence-corrected chi connectivity index (χ4v) is 3.02. The molecule has 1 atom stereocenters. The van der Waals surface area contributed by atoms with Gasteiger partial charge in [0.2, 0.25) is 0 Å². The highest BCUT2D eigenvalue weighted by Gasteiger charge is 2.15. The summed E-state index contributed by atoms with van der Waals surface area (Å²) in [5.74, 6) is 0.505. The summed E-state index contributed by atoms with van der Waals surface area (Å²) in [5.41, 5.74) is 0.840. The fraction of sp³-hybridized carbons (Fsp3) is 0.481. The van der Waals surface area contributed by atoms with Gasteiger partial charge in [0.05, 0.1) is 24.3 Å². The summed E-state index contributed by atoms with van der Waals surface area (Å²) >= 11 is 0. The van der Waals surface area contributed by atoms with Crippen molar-refractivity contribution < 1.29 is 28.5 Å². The Morgan fingerprint density at radius 1 is 0.697 bits per heavy atom. The highest BCUT2D eigenvalue weighted by atomic mass is 16.6. The third-order valence-electron chi connectivity index (χ3n) is 4.97. The van der Waals surface area contributed by atoms with E-state index in [9.17, 15) is 9.59 Å². The summed E-state index contributed by atoms with van der Waals surface area (Å²) in [7, 11) is 0. The highest BCUT2D eigenvalue weighted by molar-refractivity contribution is 5.90. The summed E-state index contributed by atoms with van der Waals surface area (Å²) < 4.78 is 22.0. The molecule has 0 aliphatic heterocycles. The number of ether oxygens (including phenoxy) is 4. The molecule has 0 amide bonds. The quantitative estimate of drug-likeness (QED) is 0.234. The topological polar surface area (TPSA) is 71.1 Å². The molecule has 0 aliphatic rings. The van der Waals surface area contributed by atoms with E-state index in [0.717, 1.165) is 50.0 Å².